The number of alkyl halides is 1. The fraction of sp³-hybridized carbons (Fsp3) is 0.973. The predicted octanol–water partition coefficient (Wildman–Crippen LogP) is 23.4. The zero-order valence-corrected chi connectivity index (χ0v) is 86.2. The van der Waals surface area contributed by atoms with Crippen LogP contribution in [-0.2, 0) is 66.5 Å². The van der Waals surface area contributed by atoms with E-state index in [2.05, 4.69) is 60.1 Å². The van der Waals surface area contributed by atoms with E-state index in [0.29, 0.717) is 87.8 Å². The Bertz CT molecular complexity index is 3490. The number of ketones is 2. The van der Waals surface area contributed by atoms with Crippen molar-refractivity contribution in [3.05, 3.63) is 0 Å². The summed E-state index contributed by atoms with van der Waals surface area (Å²) in [4.78, 5) is 33.1. The van der Waals surface area contributed by atoms with Crippen molar-refractivity contribution < 1.29 is 92.0 Å². The van der Waals surface area contributed by atoms with Crippen molar-refractivity contribution >= 4 is 29.6 Å². The number of hydrogen-bond donors (Lipinski definition) is 5. The molecule has 20 heteroatoms. The maximum Gasteiger partial charge on any atom is 0.293 e. The molecule has 0 aromatic heterocycles. The molecule has 0 aromatic carbocycles. The molecule has 0 aromatic rings. The molecule has 5 N–H and O–H groups in total. The molecule has 2 spiro atoms. The van der Waals surface area contributed by atoms with Gasteiger partial charge in [-0.2, -0.15) is 0 Å². The van der Waals surface area contributed by atoms with Gasteiger partial charge in [0.2, 0.25) is 0 Å². The second-order valence-corrected chi connectivity index (χ2v) is 49.3. The molecule has 0 bridgehead atoms. The fourth-order valence-electron chi connectivity index (χ4n) is 34.7. The largest absolute Gasteiger partial charge is 0.468 e. The zero-order chi connectivity index (χ0) is 94.1. The van der Waals surface area contributed by atoms with Gasteiger partial charge in [-0.3, -0.25) is 14.4 Å². The second kappa shape index (κ2) is 48.9. The van der Waals surface area contributed by atoms with Crippen molar-refractivity contribution in [2.24, 2.45) is 138 Å². The zero-order valence-electron chi connectivity index (χ0n) is 85.4. The Labute approximate surface area is 811 Å². The summed E-state index contributed by atoms with van der Waals surface area (Å²) in [7, 11) is 0. The summed E-state index contributed by atoms with van der Waals surface area (Å²) < 4.78 is 64.3. The monoisotopic (exact) mass is 1890 g/mol. The van der Waals surface area contributed by atoms with E-state index in [0.717, 1.165) is 283 Å². The standard InChI is InChI=1S/C32H54O5.C25H42O3.C21H34O3.C19H30O2.C11H21ClO2.C3H6O2.C2H6O2/c1-30-16-17-32(36-21-22-37-32)23-24(30)10-11-25-26-12-13-28(31(26,2)15-14-27(25)30)33-18-6-3-4-7-19-34-29-9-5-8-20-35-29;1-24-13-11-19(27)17-18(24)7-8-20-21-9-10-23(25(21,2)14-12-22(20)24)28-16-6-4-3-5-15-26;1-19-9-10-21(23-11-12-24-21)13-14(19)3-4-15-16-5-6-18(22)20(16,2)8-7-17(15)19;1-18-9-7-13(20)11-12(18)3-4-14-15-5-6-17(21)19(15,2)10-8-16(14)18;12-8-4-1-2-5-9-13-11-7-3-6-10-14-11;1-2-5-3-4;3-1-2-4/h24-29H,3-23H2,1-2H3;18,20-23,26H,3-17H2,1-2H3;14-18,22H,3-13H2,1-2H3;12,14-17,21H,3-11H2,1-2H3;11H,1-10H2;3H,2H2,1H3;3-4H,1-2H2/t24-,25-,26-,27-,28-,29?,30-,31-;18-,20-,21-,22-,23-,24-,25-;14-,15-,16-,17-,18-,19-,20-;12-,14-,15-,16-,17-,18-,19-;;;/m0000.../s1. The van der Waals surface area contributed by atoms with Crippen LogP contribution in [0, 0.1) is 138 Å². The van der Waals surface area contributed by atoms with Gasteiger partial charge in [-0.1, -0.05) is 93.9 Å². The van der Waals surface area contributed by atoms with Crippen LogP contribution in [0.5, 0.6) is 0 Å². The van der Waals surface area contributed by atoms with Crippen LogP contribution in [0.4, 0.5) is 0 Å². The third-order valence-electron chi connectivity index (χ3n) is 42.6. The van der Waals surface area contributed by atoms with Crippen LogP contribution < -0.4 is 0 Å². The minimum absolute atomic E-state index is 0.0520. The number of Topliss-reactive ketones (excluding diaryl/α,β-unsaturated/α-hetero) is 2. The SMILES string of the molecule is CCOC=O.C[C@]12CCC(=O)C[C@@H]1CC[C@@H]1[C@@H]2CC[C@]2(C)[C@@H](O)CC[C@@H]12.C[C@]12CCC(=O)C[C@@H]1CC[C@@H]1[C@@H]2CC[C@]2(C)[C@@H](OCCCCCCO)CC[C@@H]12.C[C@]12CCC3(C[C@@H]1CC[C@@H]1[C@@H]2CC[C@]2(C)[C@@H](O)CC[C@@H]12)OCCO3.C[C@]12CCC3(C[C@@H]1CC[C@@H]1[C@@H]2CC[C@]2(C)[C@@H](OCCCCCCOC4CCCCO4)CC[C@@H]12)OCCO3.ClCCCCCCOC1CCCCO1.OCCO. The average Bonchev–Trinajstić information content (AvgIpc) is 1.66. The molecule has 4 heterocycles. The molecule has 0 radical (unpaired) electrons. The molecule has 4 saturated heterocycles. The van der Waals surface area contributed by atoms with Gasteiger partial charge in [0.1, 0.15) is 11.6 Å². The molecule has 20 rings (SSSR count). The van der Waals surface area contributed by atoms with Crippen LogP contribution in [-0.4, -0.2) is 191 Å². The van der Waals surface area contributed by atoms with E-state index in [4.69, 9.17) is 74.3 Å². The average molecular weight is 1890 g/mol. The highest BCUT2D eigenvalue weighted by molar-refractivity contribution is 6.17. The summed E-state index contributed by atoms with van der Waals surface area (Å²) in [6.07, 6.45) is 65.6. The third-order valence-corrected chi connectivity index (χ3v) is 42.9. The van der Waals surface area contributed by atoms with Crippen LogP contribution in [0.1, 0.15) is 409 Å². The lowest BCUT2D eigenvalue weighted by Crippen LogP contribution is -2.56. The number of carbonyl (C=O) groups excluding carboxylic acids is 3. The highest BCUT2D eigenvalue weighted by Crippen LogP contribution is 2.73. The van der Waals surface area contributed by atoms with Gasteiger partial charge in [0.15, 0.2) is 24.2 Å². The lowest BCUT2D eigenvalue weighted by molar-refractivity contribution is -0.230. The normalized spacial score (nSPS) is 43.9. The molecule has 0 amide bonds. The van der Waals surface area contributed by atoms with Gasteiger partial charge in [0, 0.05) is 103 Å². The highest BCUT2D eigenvalue weighted by Gasteiger charge is 2.67. The molecule has 20 fully saturated rings. The van der Waals surface area contributed by atoms with Gasteiger partial charge in [-0.15, -0.1) is 11.6 Å². The second-order valence-electron chi connectivity index (χ2n) is 49.0. The van der Waals surface area contributed by atoms with Crippen molar-refractivity contribution in [3.63, 3.8) is 0 Å². The topological polar surface area (TPSA) is 254 Å². The number of fused-ring (bicyclic) bond motifs is 20. The van der Waals surface area contributed by atoms with Gasteiger partial charge in [-0.25, -0.2) is 0 Å². The Kier molecular flexibility index (Phi) is 39.5. The first-order chi connectivity index (χ1) is 64.2. The summed E-state index contributed by atoms with van der Waals surface area (Å²) in [6.45, 7) is 31.3. The van der Waals surface area contributed by atoms with Crippen LogP contribution in [0.25, 0.3) is 0 Å². The summed E-state index contributed by atoms with van der Waals surface area (Å²) >= 11 is 5.58. The van der Waals surface area contributed by atoms with E-state index in [1.807, 2.05) is 0 Å². The van der Waals surface area contributed by atoms with Gasteiger partial charge >= 0.3 is 0 Å². The number of carbonyl (C=O) groups is 3. The maximum atomic E-state index is 12.1. The molecule has 16 aliphatic carbocycles. The molecule has 766 valence electrons. The van der Waals surface area contributed by atoms with E-state index < -0.39 is 0 Å². The van der Waals surface area contributed by atoms with Crippen molar-refractivity contribution in [1.29, 1.82) is 0 Å². The first-order valence-electron chi connectivity index (χ1n) is 56.3. The predicted molar refractivity (Wildman–Crippen MR) is 522 cm³/mol. The number of halogens is 1. The van der Waals surface area contributed by atoms with Crippen LogP contribution >= 0.6 is 11.6 Å². The summed E-state index contributed by atoms with van der Waals surface area (Å²) in [5.41, 5.74) is 2.95. The van der Waals surface area contributed by atoms with Gasteiger partial charge in [0.25, 0.3) is 6.47 Å². The molecule has 19 nitrogen and oxygen atoms in total. The Hall–Kier alpha value is -1.50. The van der Waals surface area contributed by atoms with Crippen molar-refractivity contribution in [2.75, 3.05) is 98.4 Å². The molecule has 30 atom stereocenters. The van der Waals surface area contributed by atoms with E-state index in [1.165, 1.54) is 218 Å². The minimum Gasteiger partial charge on any atom is -0.468 e. The molecule has 4 aliphatic heterocycles. The van der Waals surface area contributed by atoms with Crippen molar-refractivity contribution in [1.82, 2.24) is 0 Å². The Morgan fingerprint density at radius 2 is 0.677 bits per heavy atom. The summed E-state index contributed by atoms with van der Waals surface area (Å²) in [5.74, 6) is 14.2. The molecule has 16 saturated carbocycles. The van der Waals surface area contributed by atoms with E-state index >= 15 is 0 Å². The molecular weight excluding hydrogens is 1700 g/mol. The number of rotatable bonds is 26. The van der Waals surface area contributed by atoms with E-state index in [1.54, 1.807) is 6.92 Å². The number of ether oxygens (including phenoxy) is 11. The van der Waals surface area contributed by atoms with Crippen LogP contribution in [0.2, 0.25) is 0 Å². The quantitative estimate of drug-likeness (QED) is 0.0306. The highest BCUT2D eigenvalue weighted by atomic mass is 35.5. The first kappa shape index (κ1) is 107. The minimum atomic E-state index is -0.233. The van der Waals surface area contributed by atoms with Crippen molar-refractivity contribution in [3.8, 4) is 0 Å². The molecule has 133 heavy (non-hydrogen) atoms. The van der Waals surface area contributed by atoms with Gasteiger partial charge in [-0.05, 0) is 402 Å². The van der Waals surface area contributed by atoms with Gasteiger partial charge in [0.05, 0.1) is 70.7 Å². The first-order valence-corrected chi connectivity index (χ1v) is 56.8. The Morgan fingerprint density at radius 3 is 1.02 bits per heavy atom. The molecular formula is C113H193ClO19. The maximum absolute atomic E-state index is 12.1. The lowest BCUT2D eigenvalue weighted by atomic mass is 9.45. The summed E-state index contributed by atoms with van der Waals surface area (Å²) in [6, 6.07) is 0. The third kappa shape index (κ3) is 24.2. The van der Waals surface area contributed by atoms with Crippen LogP contribution in [0.15, 0.2) is 0 Å². The molecule has 2 unspecified atom stereocenters. The molecule has 20 aliphatic rings. The number of unbranched alkanes of at least 4 members (excludes halogenated alkanes) is 9. The Balaban J connectivity index is 0.000000134. The fourth-order valence-corrected chi connectivity index (χ4v) is 34.9. The van der Waals surface area contributed by atoms with E-state index in [-0.39, 0.29) is 60.4 Å². The van der Waals surface area contributed by atoms with Crippen LogP contribution in [0.3, 0.4) is 0 Å². The van der Waals surface area contributed by atoms with Gasteiger partial charge < -0.3 is 77.6 Å². The summed E-state index contributed by atoms with van der Waals surface area (Å²) in [5, 5.41) is 45.2. The van der Waals surface area contributed by atoms with E-state index in [9.17, 15) is 24.6 Å². The number of hydrogen-bond acceptors (Lipinski definition) is 19. The smallest absolute Gasteiger partial charge is 0.293 e. The number of aliphatic hydroxyl groups excluding tert-OH is 5. The lowest BCUT2D eigenvalue weighted by Gasteiger charge is -2.61. The Morgan fingerprint density at radius 1 is 0.338 bits per heavy atom. The number of aliphatic hydroxyl groups is 5. The van der Waals surface area contributed by atoms with Crippen molar-refractivity contribution in [2.45, 2.75) is 458 Å².